The zero-order chi connectivity index (χ0) is 24.5. The molecule has 0 aliphatic heterocycles. The number of aromatic amines is 1. The van der Waals surface area contributed by atoms with Crippen LogP contribution in [0.1, 0.15) is 18.7 Å². The standard InChI is InChI=1S/C23H26N6O5/c1-24-20(30)12-6-5-10-17(28-23(33)34-2)21(31)27-18-11-7-13-29(22(18)32)14-19-25-15-8-3-4-9-16(15)26-19/h3-4,6-9,11-13,17H,5,10,14H2,1-2H3,(H,24,30)(H,25,26)(H,27,31)(H,28,33)/b12-6+/t17-/m0/s1. The zero-order valence-electron chi connectivity index (χ0n) is 18.8. The highest BCUT2D eigenvalue weighted by Crippen LogP contribution is 2.11. The van der Waals surface area contributed by atoms with E-state index in [-0.39, 0.29) is 24.6 Å². The number of alkyl carbamates (subject to hydrolysis) is 1. The SMILES string of the molecule is CNC(=O)/C=C/CC[C@H](NC(=O)OC)C(=O)Nc1cccn(Cc2nc3ccccc3[nH]2)c1=O. The van der Waals surface area contributed by atoms with Gasteiger partial charge in [0.2, 0.25) is 11.8 Å². The summed E-state index contributed by atoms with van der Waals surface area (Å²) in [7, 11) is 2.69. The second-order valence-electron chi connectivity index (χ2n) is 7.33. The minimum Gasteiger partial charge on any atom is -0.453 e. The number of pyridine rings is 1. The number of rotatable bonds is 9. The molecule has 4 N–H and O–H groups in total. The Kier molecular flexibility index (Phi) is 8.16. The van der Waals surface area contributed by atoms with E-state index in [2.05, 4.69) is 30.7 Å². The Morgan fingerprint density at radius 2 is 2.00 bits per heavy atom. The van der Waals surface area contributed by atoms with E-state index in [1.165, 1.54) is 30.9 Å². The summed E-state index contributed by atoms with van der Waals surface area (Å²) in [6.45, 7) is 0.186. The summed E-state index contributed by atoms with van der Waals surface area (Å²) in [5, 5.41) is 7.47. The van der Waals surface area contributed by atoms with Crippen molar-refractivity contribution in [2.24, 2.45) is 0 Å². The number of anilines is 1. The van der Waals surface area contributed by atoms with Crippen LogP contribution in [0.15, 0.2) is 59.5 Å². The normalized spacial score (nSPS) is 11.8. The minimum absolute atomic E-state index is 0.0566. The number of nitrogens with one attached hydrogen (secondary N) is 4. The highest BCUT2D eigenvalue weighted by Gasteiger charge is 2.22. The van der Waals surface area contributed by atoms with Crippen LogP contribution in [-0.4, -0.2) is 52.6 Å². The lowest BCUT2D eigenvalue weighted by atomic mass is 10.1. The van der Waals surface area contributed by atoms with Crippen LogP contribution in [0.4, 0.5) is 10.5 Å². The number of para-hydroxylation sites is 2. The predicted molar refractivity (Wildman–Crippen MR) is 126 cm³/mol. The van der Waals surface area contributed by atoms with Crippen molar-refractivity contribution in [3.05, 3.63) is 70.9 Å². The summed E-state index contributed by atoms with van der Waals surface area (Å²) in [5.41, 5.74) is 1.28. The Hall–Kier alpha value is -4.41. The first-order chi connectivity index (χ1) is 16.4. The van der Waals surface area contributed by atoms with Crippen molar-refractivity contribution < 1.29 is 19.1 Å². The second kappa shape index (κ2) is 11.5. The number of fused-ring (bicyclic) bond motifs is 1. The molecule has 34 heavy (non-hydrogen) atoms. The minimum atomic E-state index is -0.981. The van der Waals surface area contributed by atoms with Crippen molar-refractivity contribution in [1.82, 2.24) is 25.2 Å². The van der Waals surface area contributed by atoms with Gasteiger partial charge in [0.05, 0.1) is 24.7 Å². The number of hydrogen-bond donors (Lipinski definition) is 4. The maximum Gasteiger partial charge on any atom is 0.407 e. The summed E-state index contributed by atoms with van der Waals surface area (Å²) < 4.78 is 6.01. The zero-order valence-corrected chi connectivity index (χ0v) is 18.8. The highest BCUT2D eigenvalue weighted by molar-refractivity contribution is 5.96. The second-order valence-corrected chi connectivity index (χ2v) is 7.33. The third-order valence-electron chi connectivity index (χ3n) is 4.97. The number of H-pyrrole nitrogens is 1. The van der Waals surface area contributed by atoms with Crippen LogP contribution >= 0.6 is 0 Å². The van der Waals surface area contributed by atoms with E-state index < -0.39 is 23.6 Å². The smallest absolute Gasteiger partial charge is 0.407 e. The van der Waals surface area contributed by atoms with Gasteiger partial charge in [0.25, 0.3) is 5.56 Å². The van der Waals surface area contributed by atoms with Crippen molar-refractivity contribution in [2.75, 3.05) is 19.5 Å². The first-order valence-electron chi connectivity index (χ1n) is 10.6. The molecule has 0 fully saturated rings. The van der Waals surface area contributed by atoms with E-state index in [0.29, 0.717) is 12.2 Å². The van der Waals surface area contributed by atoms with E-state index in [4.69, 9.17) is 0 Å². The summed E-state index contributed by atoms with van der Waals surface area (Å²) in [4.78, 5) is 56.4. The molecule has 0 bridgehead atoms. The van der Waals surface area contributed by atoms with Crippen molar-refractivity contribution in [1.29, 1.82) is 0 Å². The van der Waals surface area contributed by atoms with E-state index in [0.717, 1.165) is 11.0 Å². The fourth-order valence-electron chi connectivity index (χ4n) is 3.22. The van der Waals surface area contributed by atoms with Gasteiger partial charge in [-0.25, -0.2) is 9.78 Å². The number of carbonyl (C=O) groups excluding carboxylic acids is 3. The molecule has 2 aromatic heterocycles. The van der Waals surface area contributed by atoms with Crippen molar-refractivity contribution in [3.63, 3.8) is 0 Å². The monoisotopic (exact) mass is 466 g/mol. The molecule has 0 saturated heterocycles. The Balaban J connectivity index is 1.72. The molecular weight excluding hydrogens is 440 g/mol. The maximum atomic E-state index is 12.9. The molecule has 11 heteroatoms. The lowest BCUT2D eigenvalue weighted by molar-refractivity contribution is -0.118. The van der Waals surface area contributed by atoms with Gasteiger partial charge in [-0.05, 0) is 43.2 Å². The molecule has 0 aliphatic rings. The number of allylic oxidation sites excluding steroid dienone is 1. The molecule has 0 radical (unpaired) electrons. The lowest BCUT2D eigenvalue weighted by Gasteiger charge is -2.17. The van der Waals surface area contributed by atoms with Crippen molar-refractivity contribution in [3.8, 4) is 0 Å². The van der Waals surface area contributed by atoms with Gasteiger partial charge in [-0.15, -0.1) is 0 Å². The number of likely N-dealkylation sites (N-methyl/N-ethyl adjacent to an activating group) is 1. The molecule has 1 aromatic carbocycles. The number of ether oxygens (including phenoxy) is 1. The quantitative estimate of drug-likeness (QED) is 0.352. The van der Waals surface area contributed by atoms with Crippen molar-refractivity contribution in [2.45, 2.75) is 25.4 Å². The number of methoxy groups -OCH3 is 1. The van der Waals surface area contributed by atoms with E-state index in [9.17, 15) is 19.2 Å². The van der Waals surface area contributed by atoms with Crippen LogP contribution in [0.3, 0.4) is 0 Å². The van der Waals surface area contributed by atoms with Gasteiger partial charge in [-0.2, -0.15) is 0 Å². The van der Waals surface area contributed by atoms with E-state index in [1.807, 2.05) is 24.3 Å². The number of aromatic nitrogens is 3. The van der Waals surface area contributed by atoms with Gasteiger partial charge >= 0.3 is 6.09 Å². The fourth-order valence-corrected chi connectivity index (χ4v) is 3.22. The number of imidazole rings is 1. The van der Waals surface area contributed by atoms with Crippen LogP contribution in [0, 0.1) is 0 Å². The molecule has 1 atom stereocenters. The Bertz CT molecular complexity index is 1230. The first kappa shape index (κ1) is 24.2. The topological polar surface area (TPSA) is 147 Å². The first-order valence-corrected chi connectivity index (χ1v) is 10.6. The lowest BCUT2D eigenvalue weighted by Crippen LogP contribution is -2.44. The van der Waals surface area contributed by atoms with Crippen LogP contribution in [0.5, 0.6) is 0 Å². The van der Waals surface area contributed by atoms with Gasteiger partial charge in [-0.1, -0.05) is 18.2 Å². The third-order valence-corrected chi connectivity index (χ3v) is 4.97. The number of benzene rings is 1. The summed E-state index contributed by atoms with van der Waals surface area (Å²) >= 11 is 0. The highest BCUT2D eigenvalue weighted by atomic mass is 16.5. The van der Waals surface area contributed by atoms with Crippen molar-refractivity contribution >= 4 is 34.6 Å². The average molecular weight is 466 g/mol. The molecule has 3 aromatic rings. The molecule has 11 nitrogen and oxygen atoms in total. The van der Waals surface area contributed by atoms with E-state index >= 15 is 0 Å². The molecule has 0 spiro atoms. The number of hydrogen-bond acceptors (Lipinski definition) is 6. The molecule has 0 saturated carbocycles. The molecule has 2 heterocycles. The molecule has 178 valence electrons. The van der Waals surface area contributed by atoms with Gasteiger partial charge in [-0.3, -0.25) is 14.4 Å². The van der Waals surface area contributed by atoms with Gasteiger partial charge in [0.15, 0.2) is 0 Å². The van der Waals surface area contributed by atoms with Crippen LogP contribution in [-0.2, 0) is 20.9 Å². The Morgan fingerprint density at radius 3 is 2.74 bits per heavy atom. The Morgan fingerprint density at radius 1 is 1.21 bits per heavy atom. The average Bonchev–Trinajstić information content (AvgIpc) is 3.25. The van der Waals surface area contributed by atoms with Gasteiger partial charge in [0, 0.05) is 13.2 Å². The molecule has 0 unspecified atom stereocenters. The maximum absolute atomic E-state index is 12.9. The molecule has 3 amide bonds. The van der Waals surface area contributed by atoms with Crippen LogP contribution < -0.4 is 21.5 Å². The summed E-state index contributed by atoms with van der Waals surface area (Å²) in [5.74, 6) is -0.270. The van der Waals surface area contributed by atoms with Gasteiger partial charge < -0.3 is 30.2 Å². The van der Waals surface area contributed by atoms with E-state index in [1.54, 1.807) is 18.3 Å². The summed E-state index contributed by atoms with van der Waals surface area (Å²) in [6, 6.07) is 9.66. The predicted octanol–water partition coefficient (Wildman–Crippen LogP) is 1.52. The molecule has 3 rings (SSSR count). The number of amides is 3. The Labute approximate surface area is 195 Å². The number of nitrogens with zero attached hydrogens (tertiary/aromatic N) is 2. The van der Waals surface area contributed by atoms with Gasteiger partial charge in [0.1, 0.15) is 17.6 Å². The third kappa shape index (κ3) is 6.31. The molecule has 0 aliphatic carbocycles. The van der Waals surface area contributed by atoms with Crippen LogP contribution in [0.25, 0.3) is 11.0 Å². The fraction of sp³-hybridized carbons (Fsp3) is 0.261. The summed E-state index contributed by atoms with van der Waals surface area (Å²) in [6.07, 6.45) is 4.25. The van der Waals surface area contributed by atoms with Crippen LogP contribution in [0.2, 0.25) is 0 Å². The largest absolute Gasteiger partial charge is 0.453 e. The number of carbonyl (C=O) groups is 3. The molecular formula is C23H26N6O5.